The molecule has 0 aliphatic rings. The molecule has 23 heavy (non-hydrogen) atoms. The Bertz CT molecular complexity index is 791. The highest BCUT2D eigenvalue weighted by molar-refractivity contribution is 7.98. The first-order chi connectivity index (χ1) is 11.3. The first-order valence-corrected chi connectivity index (χ1v) is 8.89. The van der Waals surface area contributed by atoms with Crippen LogP contribution in [0.2, 0.25) is 0 Å². The number of oxazole rings is 1. The molecule has 0 radical (unpaired) electrons. The van der Waals surface area contributed by atoms with E-state index in [0.717, 1.165) is 17.0 Å². The number of hydrogen-bond acceptors (Lipinski definition) is 7. The van der Waals surface area contributed by atoms with Crippen LogP contribution in [0.5, 0.6) is 0 Å². The van der Waals surface area contributed by atoms with Crippen molar-refractivity contribution in [3.8, 4) is 10.8 Å². The van der Waals surface area contributed by atoms with Crippen LogP contribution in [0.15, 0.2) is 38.1 Å². The number of rotatable bonds is 8. The van der Waals surface area contributed by atoms with Crippen LogP contribution < -0.4 is 5.69 Å². The highest BCUT2D eigenvalue weighted by atomic mass is 32.2. The molecule has 0 amide bonds. The molecule has 0 aromatic carbocycles. The predicted octanol–water partition coefficient (Wildman–Crippen LogP) is 2.62. The summed E-state index contributed by atoms with van der Waals surface area (Å²) >= 11 is 3.03. The van der Waals surface area contributed by atoms with Crippen LogP contribution in [0, 0.1) is 0 Å². The highest BCUT2D eigenvalue weighted by Crippen LogP contribution is 2.26. The molecule has 0 atom stereocenters. The van der Waals surface area contributed by atoms with E-state index in [4.69, 9.17) is 9.15 Å². The van der Waals surface area contributed by atoms with Gasteiger partial charge in [0.15, 0.2) is 5.16 Å². The molecule has 0 saturated carbocycles. The third-order valence-corrected chi connectivity index (χ3v) is 4.95. The van der Waals surface area contributed by atoms with Gasteiger partial charge in [0, 0.05) is 26.0 Å². The van der Waals surface area contributed by atoms with Crippen molar-refractivity contribution in [3.05, 3.63) is 40.0 Å². The van der Waals surface area contributed by atoms with Crippen LogP contribution >= 0.6 is 23.1 Å². The van der Waals surface area contributed by atoms with Crippen molar-refractivity contribution in [2.75, 3.05) is 13.7 Å². The van der Waals surface area contributed by atoms with Crippen LogP contribution in [-0.2, 0) is 17.0 Å². The molecule has 3 rings (SSSR count). The Labute approximate surface area is 140 Å². The smallest absolute Gasteiger partial charge is 0.343 e. The second kappa shape index (κ2) is 7.62. The van der Waals surface area contributed by atoms with E-state index in [9.17, 15) is 4.79 Å². The second-order valence-electron chi connectivity index (χ2n) is 4.72. The zero-order chi connectivity index (χ0) is 16.1. The molecule has 0 saturated heterocycles. The minimum absolute atomic E-state index is 0.206. The number of nitrogens with zero attached hydrogens (tertiary/aromatic N) is 3. The Morgan fingerprint density at radius 3 is 3.22 bits per heavy atom. The molecule has 1 N–H and O–H groups in total. The summed E-state index contributed by atoms with van der Waals surface area (Å²) in [6.07, 6.45) is 2.40. The molecule has 0 aliphatic carbocycles. The first kappa shape index (κ1) is 16.0. The second-order valence-corrected chi connectivity index (χ2v) is 6.61. The standard InChI is InChI=1S/C14H16N4O3S2/c1-20-6-3-5-18-13(19)16-17-14(18)23-9-10-8-21-12(15-10)11-4-2-7-22-11/h2,4,7-8H,3,5-6,9H2,1H3,(H,16,19). The van der Waals surface area contributed by atoms with Crippen LogP contribution in [0.25, 0.3) is 10.8 Å². The number of hydrogen-bond donors (Lipinski definition) is 1. The summed E-state index contributed by atoms with van der Waals surface area (Å²) < 4.78 is 12.1. The van der Waals surface area contributed by atoms with Crippen molar-refractivity contribution in [1.29, 1.82) is 0 Å². The van der Waals surface area contributed by atoms with Crippen LogP contribution in [0.4, 0.5) is 0 Å². The summed E-state index contributed by atoms with van der Waals surface area (Å²) in [6.45, 7) is 1.18. The topological polar surface area (TPSA) is 85.9 Å². The predicted molar refractivity (Wildman–Crippen MR) is 88.7 cm³/mol. The number of thioether (sulfide) groups is 1. The van der Waals surface area contributed by atoms with E-state index in [-0.39, 0.29) is 5.69 Å². The lowest BCUT2D eigenvalue weighted by atomic mass is 10.4. The fourth-order valence-electron chi connectivity index (χ4n) is 2.00. The van der Waals surface area contributed by atoms with E-state index in [1.807, 2.05) is 17.5 Å². The van der Waals surface area contributed by atoms with Gasteiger partial charge in [0.1, 0.15) is 6.26 Å². The lowest BCUT2D eigenvalue weighted by molar-refractivity contribution is 0.189. The summed E-state index contributed by atoms with van der Waals surface area (Å²) in [5.41, 5.74) is 0.611. The van der Waals surface area contributed by atoms with Crippen molar-refractivity contribution in [2.45, 2.75) is 23.9 Å². The molecule has 7 nitrogen and oxygen atoms in total. The van der Waals surface area contributed by atoms with Gasteiger partial charge in [-0.25, -0.2) is 14.9 Å². The van der Waals surface area contributed by atoms with Crippen LogP contribution in [-0.4, -0.2) is 33.5 Å². The third kappa shape index (κ3) is 3.92. The van der Waals surface area contributed by atoms with E-state index in [1.165, 1.54) is 11.8 Å². The van der Waals surface area contributed by atoms with Crippen LogP contribution in [0.1, 0.15) is 12.1 Å². The van der Waals surface area contributed by atoms with Crippen molar-refractivity contribution >= 4 is 23.1 Å². The van der Waals surface area contributed by atoms with Crippen molar-refractivity contribution in [2.24, 2.45) is 0 Å². The lowest BCUT2D eigenvalue weighted by Crippen LogP contribution is -2.18. The van der Waals surface area contributed by atoms with Gasteiger partial charge < -0.3 is 9.15 Å². The molecule has 122 valence electrons. The lowest BCUT2D eigenvalue weighted by Gasteiger charge is -2.03. The average Bonchev–Trinajstić information content (AvgIpc) is 3.27. The Hall–Kier alpha value is -1.84. The molecule has 0 unspecified atom stereocenters. The largest absolute Gasteiger partial charge is 0.444 e. The molecule has 0 aliphatic heterocycles. The summed E-state index contributed by atoms with van der Waals surface area (Å²) in [6, 6.07) is 3.93. The number of aromatic amines is 1. The van der Waals surface area contributed by atoms with Crippen molar-refractivity contribution in [3.63, 3.8) is 0 Å². The van der Waals surface area contributed by atoms with Gasteiger partial charge in [0.25, 0.3) is 0 Å². The van der Waals surface area contributed by atoms with E-state index >= 15 is 0 Å². The maximum absolute atomic E-state index is 11.8. The molecule has 0 bridgehead atoms. The van der Waals surface area contributed by atoms with Gasteiger partial charge in [0.2, 0.25) is 5.89 Å². The fraction of sp³-hybridized carbons (Fsp3) is 0.357. The number of aromatic nitrogens is 4. The van der Waals surface area contributed by atoms with Gasteiger partial charge in [-0.3, -0.25) is 4.57 Å². The summed E-state index contributed by atoms with van der Waals surface area (Å²) in [5.74, 6) is 1.21. The normalized spacial score (nSPS) is 11.2. The van der Waals surface area contributed by atoms with Gasteiger partial charge >= 0.3 is 5.69 Å². The van der Waals surface area contributed by atoms with Gasteiger partial charge in [0.05, 0.1) is 10.6 Å². The summed E-state index contributed by atoms with van der Waals surface area (Å²) in [4.78, 5) is 17.2. The number of ether oxygens (including phenoxy) is 1. The van der Waals surface area contributed by atoms with Crippen LogP contribution in [0.3, 0.4) is 0 Å². The Morgan fingerprint density at radius 1 is 1.52 bits per heavy atom. The molecule has 0 spiro atoms. The number of H-pyrrole nitrogens is 1. The number of methoxy groups -OCH3 is 1. The SMILES string of the molecule is COCCCn1c(SCc2coc(-c3cccs3)n2)n[nH]c1=O. The average molecular weight is 352 g/mol. The number of thiophene rings is 1. The first-order valence-electron chi connectivity index (χ1n) is 7.03. The third-order valence-electron chi connectivity index (χ3n) is 3.09. The monoisotopic (exact) mass is 352 g/mol. The fourth-order valence-corrected chi connectivity index (χ4v) is 3.51. The van der Waals surface area contributed by atoms with E-state index < -0.39 is 0 Å². The van der Waals surface area contributed by atoms with Gasteiger partial charge in [-0.1, -0.05) is 17.8 Å². The summed E-state index contributed by atoms with van der Waals surface area (Å²) in [5, 5.41) is 9.17. The number of nitrogens with one attached hydrogen (secondary N) is 1. The zero-order valence-electron chi connectivity index (χ0n) is 12.5. The molecular weight excluding hydrogens is 336 g/mol. The minimum Gasteiger partial charge on any atom is -0.444 e. The van der Waals surface area contributed by atoms with Crippen molar-refractivity contribution in [1.82, 2.24) is 19.7 Å². The maximum atomic E-state index is 11.8. The van der Waals surface area contributed by atoms with E-state index in [0.29, 0.717) is 30.0 Å². The Kier molecular flexibility index (Phi) is 5.31. The molecule has 3 heterocycles. The molecule has 3 aromatic heterocycles. The zero-order valence-corrected chi connectivity index (χ0v) is 14.2. The molecule has 0 fully saturated rings. The van der Waals surface area contributed by atoms with E-state index in [1.54, 1.807) is 29.3 Å². The highest BCUT2D eigenvalue weighted by Gasteiger charge is 2.12. The Morgan fingerprint density at radius 2 is 2.43 bits per heavy atom. The van der Waals surface area contributed by atoms with E-state index in [2.05, 4.69) is 15.2 Å². The molecule has 3 aromatic rings. The minimum atomic E-state index is -0.206. The quantitative estimate of drug-likeness (QED) is 0.495. The van der Waals surface area contributed by atoms with Crippen molar-refractivity contribution < 1.29 is 9.15 Å². The summed E-state index contributed by atoms with van der Waals surface area (Å²) in [7, 11) is 1.64. The molecule has 9 heteroatoms. The van der Waals surface area contributed by atoms with Gasteiger partial charge in [-0.2, -0.15) is 0 Å². The molecular formula is C14H16N4O3S2. The maximum Gasteiger partial charge on any atom is 0.343 e. The Balaban J connectivity index is 1.63. The van der Waals surface area contributed by atoms with Gasteiger partial charge in [-0.05, 0) is 17.9 Å². The van der Waals surface area contributed by atoms with Gasteiger partial charge in [-0.15, -0.1) is 16.4 Å².